The number of hydrogen-bond donors (Lipinski definition) is 2. The minimum absolute atomic E-state index is 0.227. The summed E-state index contributed by atoms with van der Waals surface area (Å²) in [6.45, 7) is 5.84. The van der Waals surface area contributed by atoms with Crippen LogP contribution in [0.4, 0.5) is 0 Å². The number of hydrogen-bond acceptors (Lipinski definition) is 2. The molecular formula is C9H18O2. The quantitative estimate of drug-likeness (QED) is 0.555. The summed E-state index contributed by atoms with van der Waals surface area (Å²) in [4.78, 5) is 0. The molecule has 0 radical (unpaired) electrons. The Morgan fingerprint density at radius 2 is 1.55 bits per heavy atom. The van der Waals surface area contributed by atoms with Gasteiger partial charge in [-0.15, -0.1) is 0 Å². The van der Waals surface area contributed by atoms with Crippen LogP contribution < -0.4 is 0 Å². The lowest BCUT2D eigenvalue weighted by atomic mass is 9.73. The summed E-state index contributed by atoms with van der Waals surface area (Å²) in [6.07, 6.45) is 1.21. The highest BCUT2D eigenvalue weighted by molar-refractivity contribution is 4.89. The Hall–Kier alpha value is -0.0800. The Bertz CT molecular complexity index is 128. The van der Waals surface area contributed by atoms with E-state index in [4.69, 9.17) is 0 Å². The molecule has 0 heterocycles. The number of aliphatic hydroxyl groups excluding tert-OH is 1. The van der Waals surface area contributed by atoms with E-state index in [1.807, 2.05) is 20.8 Å². The minimum Gasteiger partial charge on any atom is -0.393 e. The second-order valence-corrected chi connectivity index (χ2v) is 4.35. The third-order valence-corrected chi connectivity index (χ3v) is 2.69. The lowest BCUT2D eigenvalue weighted by molar-refractivity contribution is -0.0766. The van der Waals surface area contributed by atoms with Crippen LogP contribution in [0.5, 0.6) is 0 Å². The maximum absolute atomic E-state index is 9.72. The van der Waals surface area contributed by atoms with Crippen molar-refractivity contribution in [2.75, 3.05) is 0 Å². The average Bonchev–Trinajstić information content (AvgIpc) is 1.81. The van der Waals surface area contributed by atoms with E-state index >= 15 is 0 Å². The van der Waals surface area contributed by atoms with Gasteiger partial charge in [0.25, 0.3) is 0 Å². The fourth-order valence-electron chi connectivity index (χ4n) is 2.27. The molecule has 1 saturated carbocycles. The fourth-order valence-corrected chi connectivity index (χ4v) is 2.27. The molecule has 1 aliphatic carbocycles. The maximum atomic E-state index is 9.72. The molecule has 0 amide bonds. The molecule has 0 aromatic heterocycles. The van der Waals surface area contributed by atoms with Gasteiger partial charge in [-0.25, -0.2) is 0 Å². The molecule has 1 aliphatic rings. The molecule has 1 fully saturated rings. The Balaban J connectivity index is 2.62. The highest BCUT2D eigenvalue weighted by Crippen LogP contribution is 2.35. The summed E-state index contributed by atoms with van der Waals surface area (Å²) in [7, 11) is 0. The summed E-state index contributed by atoms with van der Waals surface area (Å²) < 4.78 is 0. The van der Waals surface area contributed by atoms with Gasteiger partial charge in [0.1, 0.15) is 0 Å². The molecule has 0 spiro atoms. The molecule has 11 heavy (non-hydrogen) atoms. The van der Waals surface area contributed by atoms with Crippen LogP contribution in [0.2, 0.25) is 0 Å². The molecule has 1 rings (SSSR count). The van der Waals surface area contributed by atoms with Crippen LogP contribution in [0.1, 0.15) is 33.6 Å². The van der Waals surface area contributed by atoms with Crippen LogP contribution in [0, 0.1) is 11.8 Å². The molecule has 0 aromatic rings. The standard InChI is InChI=1S/C9H18O2/c1-6-4-9(3,11)5-7(2)8(6)10/h6-8,10-11H,4-5H2,1-3H3/t6-,7-,8?,9?/m0/s1. The first-order valence-corrected chi connectivity index (χ1v) is 4.33. The van der Waals surface area contributed by atoms with Crippen LogP contribution in [-0.2, 0) is 0 Å². The average molecular weight is 158 g/mol. The zero-order chi connectivity index (χ0) is 8.65. The summed E-state index contributed by atoms with van der Waals surface area (Å²) in [5.41, 5.74) is -0.557. The smallest absolute Gasteiger partial charge is 0.0626 e. The lowest BCUT2D eigenvalue weighted by Gasteiger charge is -2.39. The Morgan fingerprint density at radius 3 is 1.91 bits per heavy atom. The SMILES string of the molecule is C[C@H]1CC(C)(O)C[C@H](C)C1O. The van der Waals surface area contributed by atoms with E-state index in [1.54, 1.807) is 0 Å². The second kappa shape index (κ2) is 2.76. The topological polar surface area (TPSA) is 40.5 Å². The molecule has 2 N–H and O–H groups in total. The van der Waals surface area contributed by atoms with Crippen LogP contribution in [0.25, 0.3) is 0 Å². The van der Waals surface area contributed by atoms with E-state index in [0.29, 0.717) is 0 Å². The van der Waals surface area contributed by atoms with Crippen molar-refractivity contribution in [1.29, 1.82) is 0 Å². The second-order valence-electron chi connectivity index (χ2n) is 4.35. The van der Waals surface area contributed by atoms with E-state index in [9.17, 15) is 10.2 Å². The zero-order valence-corrected chi connectivity index (χ0v) is 7.54. The number of rotatable bonds is 0. The molecule has 0 saturated heterocycles. The Kier molecular flexibility index (Phi) is 2.26. The van der Waals surface area contributed by atoms with E-state index in [2.05, 4.69) is 0 Å². The third-order valence-electron chi connectivity index (χ3n) is 2.69. The molecule has 2 atom stereocenters. The van der Waals surface area contributed by atoms with E-state index < -0.39 is 5.60 Å². The van der Waals surface area contributed by atoms with E-state index in [-0.39, 0.29) is 17.9 Å². The summed E-state index contributed by atoms with van der Waals surface area (Å²) in [5.74, 6) is 0.461. The lowest BCUT2D eigenvalue weighted by Crippen LogP contribution is -2.43. The molecule has 2 heteroatoms. The predicted octanol–water partition coefficient (Wildman–Crippen LogP) is 1.16. The first kappa shape index (κ1) is 9.01. The summed E-state index contributed by atoms with van der Waals surface area (Å²) in [5, 5.41) is 19.3. The van der Waals surface area contributed by atoms with Crippen LogP contribution >= 0.6 is 0 Å². The van der Waals surface area contributed by atoms with Crippen molar-refractivity contribution in [3.05, 3.63) is 0 Å². The van der Waals surface area contributed by atoms with Crippen molar-refractivity contribution < 1.29 is 10.2 Å². The highest BCUT2D eigenvalue weighted by atomic mass is 16.3. The van der Waals surface area contributed by atoms with Gasteiger partial charge in [-0.1, -0.05) is 13.8 Å². The summed E-state index contributed by atoms with van der Waals surface area (Å²) in [6, 6.07) is 0. The highest BCUT2D eigenvalue weighted by Gasteiger charge is 2.37. The fraction of sp³-hybridized carbons (Fsp3) is 1.00. The number of aliphatic hydroxyl groups is 2. The predicted molar refractivity (Wildman–Crippen MR) is 44.2 cm³/mol. The van der Waals surface area contributed by atoms with Crippen molar-refractivity contribution in [2.45, 2.75) is 45.3 Å². The van der Waals surface area contributed by atoms with Crippen molar-refractivity contribution in [3.8, 4) is 0 Å². The van der Waals surface area contributed by atoms with Gasteiger partial charge in [0.15, 0.2) is 0 Å². The van der Waals surface area contributed by atoms with Gasteiger partial charge in [-0.05, 0) is 31.6 Å². The molecule has 0 unspecified atom stereocenters. The van der Waals surface area contributed by atoms with Crippen molar-refractivity contribution in [1.82, 2.24) is 0 Å². The first-order chi connectivity index (χ1) is 4.92. The molecule has 66 valence electrons. The molecule has 0 aromatic carbocycles. The van der Waals surface area contributed by atoms with Gasteiger partial charge >= 0.3 is 0 Å². The third kappa shape index (κ3) is 1.94. The first-order valence-electron chi connectivity index (χ1n) is 4.33. The summed E-state index contributed by atoms with van der Waals surface area (Å²) >= 11 is 0. The van der Waals surface area contributed by atoms with E-state index in [0.717, 1.165) is 12.8 Å². The van der Waals surface area contributed by atoms with Gasteiger partial charge in [0.05, 0.1) is 11.7 Å². The zero-order valence-electron chi connectivity index (χ0n) is 7.54. The molecule has 0 aliphatic heterocycles. The van der Waals surface area contributed by atoms with Crippen molar-refractivity contribution in [3.63, 3.8) is 0 Å². The van der Waals surface area contributed by atoms with Gasteiger partial charge in [0, 0.05) is 0 Å². The molecule has 2 nitrogen and oxygen atoms in total. The van der Waals surface area contributed by atoms with Crippen molar-refractivity contribution >= 4 is 0 Å². The molecule has 0 bridgehead atoms. The maximum Gasteiger partial charge on any atom is 0.0626 e. The van der Waals surface area contributed by atoms with Crippen LogP contribution in [0.3, 0.4) is 0 Å². The van der Waals surface area contributed by atoms with Gasteiger partial charge < -0.3 is 10.2 Å². The largest absolute Gasteiger partial charge is 0.393 e. The van der Waals surface area contributed by atoms with Gasteiger partial charge in [-0.2, -0.15) is 0 Å². The van der Waals surface area contributed by atoms with Crippen LogP contribution in [0.15, 0.2) is 0 Å². The van der Waals surface area contributed by atoms with Crippen LogP contribution in [-0.4, -0.2) is 21.9 Å². The van der Waals surface area contributed by atoms with E-state index in [1.165, 1.54) is 0 Å². The van der Waals surface area contributed by atoms with Gasteiger partial charge in [-0.3, -0.25) is 0 Å². The minimum atomic E-state index is -0.557. The van der Waals surface area contributed by atoms with Gasteiger partial charge in [0.2, 0.25) is 0 Å². The van der Waals surface area contributed by atoms with Crippen molar-refractivity contribution in [2.24, 2.45) is 11.8 Å². The monoisotopic (exact) mass is 158 g/mol. The normalized spacial score (nSPS) is 52.6. The Labute approximate surface area is 68.2 Å². The molecular weight excluding hydrogens is 140 g/mol. The Morgan fingerprint density at radius 1 is 1.18 bits per heavy atom.